The van der Waals surface area contributed by atoms with Crippen molar-refractivity contribution in [2.24, 2.45) is 62.1 Å². The number of amides is 12. The predicted octanol–water partition coefficient (Wildman–Crippen LogP) is -9.30. The van der Waals surface area contributed by atoms with E-state index in [1.165, 1.54) is 0 Å². The van der Waals surface area contributed by atoms with E-state index >= 15 is 0 Å². The Balaban J connectivity index is 6.78. The first kappa shape index (κ1) is 94.3. The van der Waals surface area contributed by atoms with Crippen molar-refractivity contribution in [1.29, 1.82) is 0 Å². The van der Waals surface area contributed by atoms with Gasteiger partial charge in [-0.2, -0.15) is 0 Å². The molecule has 0 aliphatic carbocycles. The minimum atomic E-state index is -2.07. The van der Waals surface area contributed by atoms with E-state index in [9.17, 15) is 108 Å². The summed E-state index contributed by atoms with van der Waals surface area (Å²) in [6.45, 7) is 11.2. The van der Waals surface area contributed by atoms with Crippen molar-refractivity contribution in [3.63, 3.8) is 0 Å². The highest BCUT2D eigenvalue weighted by Gasteiger charge is 2.39. The van der Waals surface area contributed by atoms with E-state index in [0.717, 1.165) is 20.8 Å². The fourth-order valence-corrected chi connectivity index (χ4v) is 9.72. The second-order valence-corrected chi connectivity index (χ2v) is 25.8. The van der Waals surface area contributed by atoms with Crippen LogP contribution in [-0.2, 0) is 71.9 Å². The number of carbonyl (C=O) groups is 15. The van der Waals surface area contributed by atoms with Crippen LogP contribution in [0.1, 0.15) is 146 Å². The van der Waals surface area contributed by atoms with Gasteiger partial charge in [-0.3, -0.25) is 77.1 Å². The highest BCUT2D eigenvalue weighted by molar-refractivity contribution is 6.00. The van der Waals surface area contributed by atoms with Crippen molar-refractivity contribution in [3.05, 3.63) is 0 Å². The third-order valence-corrected chi connectivity index (χ3v) is 15.7. The Morgan fingerprint density at radius 1 is 0.385 bits per heavy atom. The van der Waals surface area contributed by atoms with Crippen LogP contribution in [0.25, 0.3) is 0 Å². The number of rotatable bonds is 52. The number of guanidine groups is 2. The number of aliphatic hydroxyl groups excluding tert-OH is 4. The molecule has 0 fully saturated rings. The third kappa shape index (κ3) is 37.0. The molecule has 0 aromatic carbocycles. The van der Waals surface area contributed by atoms with Crippen LogP contribution in [0.2, 0.25) is 0 Å². The number of aliphatic imine (C=N–C) groups is 2. The summed E-state index contributed by atoms with van der Waals surface area (Å²) in [6.07, 6.45) is -4.97. The van der Waals surface area contributed by atoms with Gasteiger partial charge in [0.05, 0.1) is 37.9 Å². The molecule has 0 heterocycles. The van der Waals surface area contributed by atoms with Crippen molar-refractivity contribution in [3.8, 4) is 0 Å². The first-order valence-corrected chi connectivity index (χ1v) is 34.0. The zero-order chi connectivity index (χ0) is 79.8. The third-order valence-electron chi connectivity index (χ3n) is 15.7. The molecule has 16 atom stereocenters. The normalized spacial score (nSPS) is 15.8. The molecule has 0 aromatic heterocycles. The Labute approximate surface area is 601 Å². The van der Waals surface area contributed by atoms with Crippen molar-refractivity contribution in [1.82, 2.24) is 63.8 Å². The molecule has 0 aromatic rings. The van der Waals surface area contributed by atoms with Crippen LogP contribution < -0.4 is 98.2 Å². The second-order valence-electron chi connectivity index (χ2n) is 25.8. The molecule has 0 bridgehead atoms. The van der Waals surface area contributed by atoms with Crippen LogP contribution in [-0.4, -0.2) is 260 Å². The largest absolute Gasteiger partial charge is 0.481 e. The van der Waals surface area contributed by atoms with Gasteiger partial charge in [-0.1, -0.05) is 48.0 Å². The van der Waals surface area contributed by atoms with Crippen molar-refractivity contribution in [2.45, 2.75) is 237 Å². The van der Waals surface area contributed by atoms with Gasteiger partial charge >= 0.3 is 17.9 Å². The number of nitrogens with zero attached hydrogens (tertiary/aromatic N) is 2. The molecule has 31 N–H and O–H groups in total. The highest BCUT2D eigenvalue weighted by Crippen LogP contribution is 2.15. The molecule has 0 saturated heterocycles. The maximum absolute atomic E-state index is 14.3. The molecule has 104 heavy (non-hydrogen) atoms. The van der Waals surface area contributed by atoms with Crippen LogP contribution in [0.5, 0.6) is 0 Å². The summed E-state index contributed by atoms with van der Waals surface area (Å²) in [6, 6.07) is -21.5. The molecule has 0 aliphatic rings. The molecular formula is C62H112N20O22. The summed E-state index contributed by atoms with van der Waals surface area (Å²) in [4.78, 5) is 208. The maximum atomic E-state index is 14.3. The van der Waals surface area contributed by atoms with E-state index in [-0.39, 0.29) is 82.4 Å². The molecule has 0 radical (unpaired) electrons. The average molecular weight is 1490 g/mol. The molecule has 12 amide bonds. The Morgan fingerprint density at radius 2 is 0.740 bits per heavy atom. The molecule has 592 valence electrons. The molecule has 42 heteroatoms. The van der Waals surface area contributed by atoms with Gasteiger partial charge < -0.3 is 134 Å². The number of aliphatic hydroxyl groups is 4. The number of nitrogens with one attached hydrogen (secondary N) is 12. The number of unbranched alkanes of at least 4 members (excludes halogenated alkanes) is 1. The topological polar surface area (TPSA) is 723 Å². The van der Waals surface area contributed by atoms with Gasteiger partial charge in [0.1, 0.15) is 72.5 Å². The molecule has 42 nitrogen and oxygen atoms in total. The van der Waals surface area contributed by atoms with Gasteiger partial charge in [-0.05, 0) is 109 Å². The molecule has 0 spiro atoms. The number of hydrogen-bond acceptors (Lipinski definition) is 23. The Kier molecular flexibility index (Phi) is 44.5. The average Bonchev–Trinajstić information content (AvgIpc) is 0.858. The standard InChI is InChI=1S/C62H112N20O22/c1-10-30(6)45(80-52(95)35(16-11-12-20-63)72-49(92)34(64)15-13-21-69-61(65)66)57(100)73-36(17-14-22-70-62(67)68)50(93)78-41(26-83)56(99)77-40(25-44(89)90)53(96)76-39(24-29(4)5)55(98)81-46(32(8)85)58(101)71-31(7)48(91)75-38(23-28(2)3)54(97)82-47(33(9)86)59(102)74-37(18-19-43(87)88)51(94)79-42(27-84)60(103)104/h28-42,45-47,83-86H,10-27,63-64H2,1-9H3,(H,71,101)(H,72,92)(H,73,100)(H,74,102)(H,75,91)(H,76,96)(H,77,99)(H,78,93)(H,79,94)(H,80,95)(H,81,98)(H,82,97)(H,87,88)(H,89,90)(H,103,104)(H4,65,66,69)(H4,67,68,70)/t30-,31-,32+,33+,34-,35-,36-,37-,38-,39-,40-,41-,42-,45-,46-,47-/m0/s1. The number of hydrogen-bond donors (Lipinski definition) is 25. The second kappa shape index (κ2) is 49.1. The van der Waals surface area contributed by atoms with E-state index in [4.69, 9.17) is 34.4 Å². The van der Waals surface area contributed by atoms with Crippen LogP contribution in [0, 0.1) is 17.8 Å². The summed E-state index contributed by atoms with van der Waals surface area (Å²) in [5, 5.41) is 97.6. The van der Waals surface area contributed by atoms with Gasteiger partial charge in [-0.25, -0.2) is 4.79 Å². The van der Waals surface area contributed by atoms with Gasteiger partial charge in [0.2, 0.25) is 70.9 Å². The maximum Gasteiger partial charge on any atom is 0.328 e. The minimum absolute atomic E-state index is 0.00557. The zero-order valence-corrected chi connectivity index (χ0v) is 60.2. The summed E-state index contributed by atoms with van der Waals surface area (Å²) in [5.41, 5.74) is 33.5. The van der Waals surface area contributed by atoms with Crippen LogP contribution >= 0.6 is 0 Å². The number of nitrogens with two attached hydrogens (primary N) is 6. The van der Waals surface area contributed by atoms with E-state index in [1.807, 2.05) is 5.32 Å². The molecule has 0 saturated carbocycles. The summed E-state index contributed by atoms with van der Waals surface area (Å²) in [7, 11) is 0. The van der Waals surface area contributed by atoms with Crippen molar-refractivity contribution < 1.29 is 108 Å². The quantitative estimate of drug-likeness (QED) is 0.0153. The van der Waals surface area contributed by atoms with Crippen molar-refractivity contribution >= 4 is 101 Å². The first-order chi connectivity index (χ1) is 48.5. The SMILES string of the molecule is CC[C@H](C)[C@H](NC(=O)[C@H](CCCCN)NC(=O)[C@@H](N)CCCN=C(N)N)C(=O)N[C@@H](CCCN=C(N)N)C(=O)N[C@@H](CO)C(=O)N[C@@H](CC(=O)O)C(=O)N[C@@H](CC(C)C)C(=O)N[C@H](C(=O)N[C@@H](C)C(=O)N[C@@H](CC(C)C)C(=O)N[C@H](C(=O)N[C@@H](CCC(=O)O)C(=O)N[C@@H](CO)C(=O)O)[C@@H](C)O)[C@@H](C)O. The minimum Gasteiger partial charge on any atom is -0.481 e. The Hall–Kier alpha value is -9.65. The van der Waals surface area contributed by atoms with Crippen molar-refractivity contribution in [2.75, 3.05) is 32.8 Å². The Bertz CT molecular complexity index is 2930. The van der Waals surface area contributed by atoms with Gasteiger partial charge in [0.15, 0.2) is 11.9 Å². The predicted molar refractivity (Wildman–Crippen MR) is 372 cm³/mol. The van der Waals surface area contributed by atoms with E-state index in [1.54, 1.807) is 41.5 Å². The lowest BCUT2D eigenvalue weighted by Gasteiger charge is -2.29. The molecule has 0 rings (SSSR count). The smallest absolute Gasteiger partial charge is 0.328 e. The number of carbonyl (C=O) groups excluding carboxylic acids is 12. The fourth-order valence-electron chi connectivity index (χ4n) is 9.72. The van der Waals surface area contributed by atoms with Crippen LogP contribution in [0.4, 0.5) is 0 Å². The molecule has 0 unspecified atom stereocenters. The lowest BCUT2D eigenvalue weighted by atomic mass is 9.96. The number of carboxylic acid groups (broad SMARTS) is 3. The van der Waals surface area contributed by atoms with E-state index in [0.29, 0.717) is 19.3 Å². The zero-order valence-electron chi connectivity index (χ0n) is 60.2. The van der Waals surface area contributed by atoms with Crippen LogP contribution in [0.15, 0.2) is 9.98 Å². The van der Waals surface area contributed by atoms with E-state index < -0.39 is 224 Å². The summed E-state index contributed by atoms with van der Waals surface area (Å²) in [5.74, 6) is -19.9. The first-order valence-electron chi connectivity index (χ1n) is 34.0. The summed E-state index contributed by atoms with van der Waals surface area (Å²) >= 11 is 0. The Morgan fingerprint density at radius 3 is 1.16 bits per heavy atom. The van der Waals surface area contributed by atoms with Gasteiger partial charge in [-0.15, -0.1) is 0 Å². The lowest BCUT2D eigenvalue weighted by Crippen LogP contribution is -2.62. The number of carboxylic acids is 3. The van der Waals surface area contributed by atoms with Crippen LogP contribution in [0.3, 0.4) is 0 Å². The molecular weight excluding hydrogens is 1380 g/mol. The van der Waals surface area contributed by atoms with Gasteiger partial charge in [0.25, 0.3) is 0 Å². The molecule has 0 aliphatic heterocycles. The fraction of sp³-hybridized carbons (Fsp3) is 0.726. The lowest BCUT2D eigenvalue weighted by molar-refractivity contribution is -0.144. The summed E-state index contributed by atoms with van der Waals surface area (Å²) < 4.78 is 0. The number of aliphatic carboxylic acids is 3. The monoisotopic (exact) mass is 1490 g/mol. The van der Waals surface area contributed by atoms with Gasteiger partial charge in [0, 0.05) is 19.5 Å². The highest BCUT2D eigenvalue weighted by atomic mass is 16.4. The van der Waals surface area contributed by atoms with E-state index in [2.05, 4.69) is 68.5 Å².